The summed E-state index contributed by atoms with van der Waals surface area (Å²) in [7, 11) is 0. The second-order valence-electron chi connectivity index (χ2n) is 7.41. The molecule has 1 atom stereocenters. The van der Waals surface area contributed by atoms with Gasteiger partial charge in [0, 0.05) is 18.5 Å². The summed E-state index contributed by atoms with van der Waals surface area (Å²) in [6.45, 7) is 6.41. The lowest BCUT2D eigenvalue weighted by molar-refractivity contribution is -0.129. The number of carbonyl (C=O) groups is 2. The van der Waals surface area contributed by atoms with E-state index in [4.69, 9.17) is 16.3 Å². The monoisotopic (exact) mass is 375 g/mol. The predicted molar refractivity (Wildman–Crippen MR) is 99.9 cm³/mol. The lowest BCUT2D eigenvalue weighted by Gasteiger charge is -2.21. The van der Waals surface area contributed by atoms with E-state index in [-0.39, 0.29) is 5.91 Å². The molecule has 1 aliphatic heterocycles. The molecular weight excluding hydrogens is 354 g/mol. The molecule has 2 heterocycles. The number of benzene rings is 1. The van der Waals surface area contributed by atoms with Crippen molar-refractivity contribution < 1.29 is 14.3 Å². The summed E-state index contributed by atoms with van der Waals surface area (Å²) in [5, 5.41) is 4.09. The van der Waals surface area contributed by atoms with Gasteiger partial charge in [0.15, 0.2) is 0 Å². The Morgan fingerprint density at radius 2 is 2.08 bits per heavy atom. The van der Waals surface area contributed by atoms with Crippen molar-refractivity contribution in [3.05, 3.63) is 41.0 Å². The van der Waals surface area contributed by atoms with Crippen LogP contribution in [0, 0.1) is 0 Å². The van der Waals surface area contributed by atoms with Crippen LogP contribution in [0.1, 0.15) is 32.8 Å². The van der Waals surface area contributed by atoms with E-state index in [1.54, 1.807) is 31.7 Å². The predicted octanol–water partition coefficient (Wildman–Crippen LogP) is 3.51. The Labute approximate surface area is 157 Å². The molecule has 6 nitrogen and oxygen atoms in total. The van der Waals surface area contributed by atoms with Crippen LogP contribution in [0.3, 0.4) is 0 Å². The van der Waals surface area contributed by atoms with Gasteiger partial charge in [-0.15, -0.1) is 0 Å². The topological polar surface area (TPSA) is 71.5 Å². The van der Waals surface area contributed by atoms with E-state index in [0.29, 0.717) is 24.7 Å². The number of rotatable bonds is 3. The van der Waals surface area contributed by atoms with Gasteiger partial charge < -0.3 is 15.0 Å². The Balaban J connectivity index is 1.64. The molecule has 2 amide bonds. The lowest BCUT2D eigenvalue weighted by Crippen LogP contribution is -2.43. The van der Waals surface area contributed by atoms with E-state index < -0.39 is 17.7 Å². The number of hydrogen-bond donors (Lipinski definition) is 1. The van der Waals surface area contributed by atoms with Crippen LogP contribution in [-0.2, 0) is 16.1 Å². The summed E-state index contributed by atoms with van der Waals surface area (Å²) in [6, 6.07) is 8.99. The van der Waals surface area contributed by atoms with Gasteiger partial charge >= 0.3 is 6.09 Å². The quantitative estimate of drug-likeness (QED) is 0.833. The molecule has 0 aliphatic carbocycles. The molecule has 1 aromatic heterocycles. The first-order chi connectivity index (χ1) is 12.2. The molecule has 1 aliphatic rings. The average molecular weight is 376 g/mol. The van der Waals surface area contributed by atoms with Crippen LogP contribution >= 0.6 is 11.6 Å². The molecule has 7 heteroatoms. The van der Waals surface area contributed by atoms with E-state index >= 15 is 0 Å². The second kappa shape index (κ2) is 7.11. The fraction of sp³-hybridized carbons (Fsp3) is 0.421. The molecule has 138 valence electrons. The number of hydrogen-bond acceptors (Lipinski definition) is 4. The highest BCUT2D eigenvalue weighted by Crippen LogP contribution is 2.20. The van der Waals surface area contributed by atoms with Crippen molar-refractivity contribution in [2.75, 3.05) is 6.54 Å². The number of nitrogens with one attached hydrogen (secondary N) is 1. The molecule has 26 heavy (non-hydrogen) atoms. The third-order valence-electron chi connectivity index (χ3n) is 4.08. The summed E-state index contributed by atoms with van der Waals surface area (Å²) in [5.41, 5.74) is 1.17. The molecule has 0 radical (unpaired) electrons. The minimum Gasteiger partial charge on any atom is -0.444 e. The van der Waals surface area contributed by atoms with Crippen LogP contribution < -0.4 is 5.32 Å². The minimum atomic E-state index is -0.592. The average Bonchev–Trinajstić information content (AvgIpc) is 2.86. The Bertz CT molecular complexity index is 848. The molecule has 0 saturated carbocycles. The summed E-state index contributed by atoms with van der Waals surface area (Å²) in [5.74, 6) is -0.102. The van der Waals surface area contributed by atoms with Gasteiger partial charge in [-0.3, -0.25) is 4.79 Å². The maximum absolute atomic E-state index is 12.5. The number of likely N-dealkylation sites (tertiary alicyclic amines) is 1. The van der Waals surface area contributed by atoms with Crippen molar-refractivity contribution in [1.82, 2.24) is 15.2 Å². The van der Waals surface area contributed by atoms with Crippen molar-refractivity contribution >= 4 is 34.5 Å². The molecule has 2 aromatic rings. The fourth-order valence-corrected chi connectivity index (χ4v) is 3.09. The number of alkyl carbamates (subject to hydrolysis) is 1. The first-order valence-corrected chi connectivity index (χ1v) is 8.92. The van der Waals surface area contributed by atoms with Gasteiger partial charge in [0.05, 0.1) is 5.52 Å². The highest BCUT2D eigenvalue weighted by Gasteiger charge is 2.33. The number of pyridine rings is 1. The normalized spacial score (nSPS) is 17.6. The standard InChI is InChI=1S/C19H22ClN3O3/c1-19(2,3)26-18(25)22-14-8-9-23(17(14)24)11-12-4-5-13-6-7-16(20)21-15(13)10-12/h4-7,10,14H,8-9,11H2,1-3H3,(H,22,25)/t14-/m0/s1. The van der Waals surface area contributed by atoms with Crippen molar-refractivity contribution in [3.8, 4) is 0 Å². The van der Waals surface area contributed by atoms with Gasteiger partial charge in [0.2, 0.25) is 5.91 Å². The highest BCUT2D eigenvalue weighted by molar-refractivity contribution is 6.29. The summed E-state index contributed by atoms with van der Waals surface area (Å²) >= 11 is 5.95. The number of ether oxygens (including phenoxy) is 1. The number of halogens is 1. The first kappa shape index (κ1) is 18.5. The summed E-state index contributed by atoms with van der Waals surface area (Å²) in [6.07, 6.45) is -0.00215. The van der Waals surface area contributed by atoms with E-state index in [1.807, 2.05) is 24.3 Å². The Morgan fingerprint density at radius 3 is 2.81 bits per heavy atom. The molecule has 1 fully saturated rings. The summed E-state index contributed by atoms with van der Waals surface area (Å²) in [4.78, 5) is 30.5. The minimum absolute atomic E-state index is 0.102. The van der Waals surface area contributed by atoms with Crippen LogP contribution in [0.25, 0.3) is 10.9 Å². The number of carbonyl (C=O) groups excluding carboxylic acids is 2. The van der Waals surface area contributed by atoms with E-state index in [2.05, 4.69) is 10.3 Å². The number of nitrogens with zero attached hydrogens (tertiary/aromatic N) is 2. The van der Waals surface area contributed by atoms with Gasteiger partial charge in [-0.1, -0.05) is 23.7 Å². The maximum Gasteiger partial charge on any atom is 0.408 e. The Morgan fingerprint density at radius 1 is 1.35 bits per heavy atom. The van der Waals surface area contributed by atoms with E-state index in [0.717, 1.165) is 16.5 Å². The third-order valence-corrected chi connectivity index (χ3v) is 4.29. The summed E-state index contributed by atoms with van der Waals surface area (Å²) < 4.78 is 5.22. The van der Waals surface area contributed by atoms with E-state index in [9.17, 15) is 9.59 Å². The van der Waals surface area contributed by atoms with Gasteiger partial charge in [0.25, 0.3) is 0 Å². The third kappa shape index (κ3) is 4.43. The zero-order valence-corrected chi connectivity index (χ0v) is 15.8. The number of aromatic nitrogens is 1. The van der Waals surface area contributed by atoms with Crippen LogP contribution in [0.4, 0.5) is 4.79 Å². The SMILES string of the molecule is CC(C)(C)OC(=O)N[C@H]1CCN(Cc2ccc3ccc(Cl)nc3c2)C1=O. The fourth-order valence-electron chi connectivity index (χ4n) is 2.94. The van der Waals surface area contributed by atoms with Crippen molar-refractivity contribution in [2.24, 2.45) is 0 Å². The van der Waals surface area contributed by atoms with Gasteiger partial charge in [0.1, 0.15) is 16.8 Å². The van der Waals surface area contributed by atoms with Gasteiger partial charge in [-0.05, 0) is 51.0 Å². The van der Waals surface area contributed by atoms with Crippen molar-refractivity contribution in [3.63, 3.8) is 0 Å². The lowest BCUT2D eigenvalue weighted by atomic mass is 10.1. The molecule has 3 rings (SSSR count). The molecule has 1 aromatic carbocycles. The van der Waals surface area contributed by atoms with Crippen LogP contribution in [0.5, 0.6) is 0 Å². The second-order valence-corrected chi connectivity index (χ2v) is 7.80. The molecule has 0 unspecified atom stereocenters. The van der Waals surface area contributed by atoms with E-state index in [1.165, 1.54) is 0 Å². The Hall–Kier alpha value is -2.34. The first-order valence-electron chi connectivity index (χ1n) is 8.55. The largest absolute Gasteiger partial charge is 0.444 e. The number of fused-ring (bicyclic) bond motifs is 1. The molecule has 1 saturated heterocycles. The molecule has 1 N–H and O–H groups in total. The molecular formula is C19H22ClN3O3. The van der Waals surface area contributed by atoms with Crippen LogP contribution in [0.15, 0.2) is 30.3 Å². The Kier molecular flexibility index (Phi) is 5.05. The van der Waals surface area contributed by atoms with Crippen LogP contribution in [-0.4, -0.2) is 40.1 Å². The van der Waals surface area contributed by atoms with Gasteiger partial charge in [-0.2, -0.15) is 0 Å². The van der Waals surface area contributed by atoms with Crippen molar-refractivity contribution in [1.29, 1.82) is 0 Å². The van der Waals surface area contributed by atoms with Gasteiger partial charge in [-0.25, -0.2) is 9.78 Å². The molecule has 0 spiro atoms. The highest BCUT2D eigenvalue weighted by atomic mass is 35.5. The maximum atomic E-state index is 12.5. The van der Waals surface area contributed by atoms with Crippen molar-refractivity contribution in [2.45, 2.75) is 45.4 Å². The smallest absolute Gasteiger partial charge is 0.408 e. The van der Waals surface area contributed by atoms with Crippen LogP contribution in [0.2, 0.25) is 5.15 Å². The number of amides is 2. The zero-order valence-electron chi connectivity index (χ0n) is 15.1. The zero-order chi connectivity index (χ0) is 18.9. The molecule has 0 bridgehead atoms.